The van der Waals surface area contributed by atoms with Crippen molar-refractivity contribution in [1.29, 1.82) is 0 Å². The van der Waals surface area contributed by atoms with Crippen LogP contribution in [0.4, 0.5) is 0 Å². The van der Waals surface area contributed by atoms with E-state index in [9.17, 15) is 4.79 Å². The highest BCUT2D eigenvalue weighted by atomic mass is 35.5. The van der Waals surface area contributed by atoms with Crippen molar-refractivity contribution in [1.82, 2.24) is 9.80 Å². The highest BCUT2D eigenvalue weighted by Gasteiger charge is 2.33. The summed E-state index contributed by atoms with van der Waals surface area (Å²) >= 11 is 12.1. The number of likely N-dealkylation sites (tertiary alicyclic amines) is 1. The number of halogens is 2. The fourth-order valence-electron chi connectivity index (χ4n) is 5.11. The number of alkyl halides is 2. The Morgan fingerprint density at radius 2 is 1.81 bits per heavy atom. The van der Waals surface area contributed by atoms with Crippen molar-refractivity contribution < 1.29 is 9.53 Å². The predicted octanol–water partition coefficient (Wildman–Crippen LogP) is 5.33. The van der Waals surface area contributed by atoms with Crippen LogP contribution in [0.1, 0.15) is 53.1 Å². The summed E-state index contributed by atoms with van der Waals surface area (Å²) < 4.78 is 5.65. The highest BCUT2D eigenvalue weighted by molar-refractivity contribution is 6.18. The monoisotopic (exact) mass is 474 g/mol. The highest BCUT2D eigenvalue weighted by Crippen LogP contribution is 2.36. The van der Waals surface area contributed by atoms with Crippen molar-refractivity contribution >= 4 is 29.1 Å². The molecule has 2 aromatic rings. The van der Waals surface area contributed by atoms with Gasteiger partial charge in [0.1, 0.15) is 5.75 Å². The zero-order valence-corrected chi connectivity index (χ0v) is 20.3. The second kappa shape index (κ2) is 10.9. The largest absolute Gasteiger partial charge is 0.496 e. The first-order chi connectivity index (χ1) is 15.6. The molecule has 2 aliphatic rings. The van der Waals surface area contributed by atoms with Crippen LogP contribution in [0, 0.1) is 0 Å². The van der Waals surface area contributed by atoms with Gasteiger partial charge < -0.3 is 14.5 Å². The lowest BCUT2D eigenvalue weighted by Gasteiger charge is -2.41. The van der Waals surface area contributed by atoms with E-state index in [4.69, 9.17) is 27.9 Å². The number of nitrogens with zero attached hydrogens (tertiary/aromatic N) is 2. The third-order valence-corrected chi connectivity index (χ3v) is 7.42. The van der Waals surface area contributed by atoms with E-state index in [1.165, 1.54) is 30.4 Å². The van der Waals surface area contributed by atoms with E-state index in [1.807, 2.05) is 30.3 Å². The normalized spacial score (nSPS) is 19.0. The minimum atomic E-state index is 0.0501. The summed E-state index contributed by atoms with van der Waals surface area (Å²) in [4.78, 5) is 18.2. The quantitative estimate of drug-likeness (QED) is 0.508. The van der Waals surface area contributed by atoms with Crippen LogP contribution in [0.5, 0.6) is 5.75 Å². The molecule has 1 unspecified atom stereocenters. The fourth-order valence-corrected chi connectivity index (χ4v) is 5.62. The molecule has 172 valence electrons. The van der Waals surface area contributed by atoms with Crippen molar-refractivity contribution in [2.24, 2.45) is 0 Å². The van der Waals surface area contributed by atoms with Gasteiger partial charge in [0.05, 0.1) is 19.6 Å². The molecule has 6 heteroatoms. The Bertz CT molecular complexity index is 943. The summed E-state index contributed by atoms with van der Waals surface area (Å²) in [6, 6.07) is 12.3. The van der Waals surface area contributed by atoms with Crippen molar-refractivity contribution in [2.45, 2.75) is 49.9 Å². The maximum atomic E-state index is 13.6. The van der Waals surface area contributed by atoms with Crippen molar-refractivity contribution in [3.8, 4) is 5.75 Å². The first kappa shape index (κ1) is 23.4. The van der Waals surface area contributed by atoms with Crippen molar-refractivity contribution in [2.75, 3.05) is 33.3 Å². The number of hydrogen-bond donors (Lipinski definition) is 0. The Hall–Kier alpha value is -1.75. The second-order valence-electron chi connectivity index (χ2n) is 8.79. The molecule has 1 fully saturated rings. The summed E-state index contributed by atoms with van der Waals surface area (Å²) in [5, 5.41) is 0. The molecule has 0 saturated carbocycles. The zero-order valence-electron chi connectivity index (χ0n) is 18.8. The van der Waals surface area contributed by atoms with Gasteiger partial charge in [-0.15, -0.1) is 23.2 Å². The first-order valence-electron chi connectivity index (χ1n) is 11.5. The van der Waals surface area contributed by atoms with Gasteiger partial charge in [-0.1, -0.05) is 36.8 Å². The Kier molecular flexibility index (Phi) is 7.98. The summed E-state index contributed by atoms with van der Waals surface area (Å²) in [7, 11) is 1.73. The molecule has 0 radical (unpaired) electrons. The minimum absolute atomic E-state index is 0.0501. The summed E-state index contributed by atoms with van der Waals surface area (Å²) in [6.07, 6.45) is 4.97. The number of hydrogen-bond acceptors (Lipinski definition) is 3. The predicted molar refractivity (Wildman–Crippen MR) is 131 cm³/mol. The van der Waals surface area contributed by atoms with Gasteiger partial charge in [0.2, 0.25) is 5.91 Å². The molecule has 1 amide bonds. The second-order valence-corrected chi connectivity index (χ2v) is 9.32. The van der Waals surface area contributed by atoms with Gasteiger partial charge in [0.25, 0.3) is 0 Å². The lowest BCUT2D eigenvalue weighted by atomic mass is 9.90. The molecule has 32 heavy (non-hydrogen) atoms. The van der Waals surface area contributed by atoms with Crippen LogP contribution in [0.2, 0.25) is 0 Å². The number of fused-ring (bicyclic) bond motifs is 1. The van der Waals surface area contributed by atoms with Gasteiger partial charge in [-0.2, -0.15) is 0 Å². The molecule has 1 atom stereocenters. The van der Waals surface area contributed by atoms with E-state index in [0.29, 0.717) is 24.7 Å². The standard InChI is InChI=1S/C26H32Cl2N2O2/c1-32-25-7-5-6-22-23(25)10-13-30(24(22)18-29-11-3-2-4-12-29)26(31)15-19-8-9-20(16-27)21(14-19)17-28/h5-9,14,24H,2-4,10-13,15-18H2,1H3. The molecular weight excluding hydrogens is 443 g/mol. The molecular formula is C26H32Cl2N2O2. The number of carbonyl (C=O) groups is 1. The van der Waals surface area contributed by atoms with Gasteiger partial charge in [0.15, 0.2) is 0 Å². The van der Waals surface area contributed by atoms with E-state index >= 15 is 0 Å². The van der Waals surface area contributed by atoms with Crippen LogP contribution in [-0.2, 0) is 29.4 Å². The third kappa shape index (κ3) is 5.08. The molecule has 4 rings (SSSR count). The summed E-state index contributed by atoms with van der Waals surface area (Å²) in [5.41, 5.74) is 5.50. The van der Waals surface area contributed by atoms with Gasteiger partial charge in [-0.25, -0.2) is 0 Å². The molecule has 0 bridgehead atoms. The topological polar surface area (TPSA) is 32.8 Å². The van der Waals surface area contributed by atoms with Crippen LogP contribution in [0.25, 0.3) is 0 Å². The number of piperidine rings is 1. The van der Waals surface area contributed by atoms with Crippen LogP contribution >= 0.6 is 23.2 Å². The average Bonchev–Trinajstić information content (AvgIpc) is 2.84. The van der Waals surface area contributed by atoms with Crippen LogP contribution < -0.4 is 4.74 Å². The van der Waals surface area contributed by atoms with E-state index in [-0.39, 0.29) is 11.9 Å². The maximum absolute atomic E-state index is 13.6. The average molecular weight is 475 g/mol. The third-order valence-electron chi connectivity index (χ3n) is 6.84. The Balaban J connectivity index is 1.59. The van der Waals surface area contributed by atoms with Crippen molar-refractivity contribution in [3.63, 3.8) is 0 Å². The molecule has 0 spiro atoms. The number of amides is 1. The molecule has 0 aromatic heterocycles. The Morgan fingerprint density at radius 1 is 1.03 bits per heavy atom. The number of benzene rings is 2. The lowest BCUT2D eigenvalue weighted by Crippen LogP contribution is -2.46. The van der Waals surface area contributed by atoms with Gasteiger partial charge in [-0.05, 0) is 60.7 Å². The molecule has 2 heterocycles. The van der Waals surface area contributed by atoms with E-state index < -0.39 is 0 Å². The molecule has 0 N–H and O–H groups in total. The molecule has 1 saturated heterocycles. The number of carbonyl (C=O) groups excluding carboxylic acids is 1. The maximum Gasteiger partial charge on any atom is 0.227 e. The van der Waals surface area contributed by atoms with Crippen LogP contribution in [-0.4, -0.2) is 49.0 Å². The van der Waals surface area contributed by atoms with Crippen LogP contribution in [0.15, 0.2) is 36.4 Å². The van der Waals surface area contributed by atoms with E-state index in [2.05, 4.69) is 15.9 Å². The SMILES string of the molecule is COc1cccc2c1CCN(C(=O)Cc1ccc(CCl)c(CCl)c1)C2CN1CCCCC1. The van der Waals surface area contributed by atoms with Gasteiger partial charge >= 0.3 is 0 Å². The zero-order chi connectivity index (χ0) is 22.5. The molecule has 4 nitrogen and oxygen atoms in total. The smallest absolute Gasteiger partial charge is 0.227 e. The Morgan fingerprint density at radius 3 is 2.53 bits per heavy atom. The molecule has 2 aromatic carbocycles. The van der Waals surface area contributed by atoms with Gasteiger partial charge in [0, 0.05) is 30.4 Å². The molecule has 2 aliphatic heterocycles. The Labute approximate surface area is 201 Å². The first-order valence-corrected chi connectivity index (χ1v) is 12.6. The lowest BCUT2D eigenvalue weighted by molar-refractivity contribution is -0.134. The van der Waals surface area contributed by atoms with E-state index in [1.54, 1.807) is 7.11 Å². The fraction of sp³-hybridized carbons (Fsp3) is 0.500. The number of ether oxygens (including phenoxy) is 1. The van der Waals surface area contributed by atoms with Crippen molar-refractivity contribution in [3.05, 3.63) is 64.2 Å². The van der Waals surface area contributed by atoms with Gasteiger partial charge in [-0.3, -0.25) is 4.79 Å². The van der Waals surface area contributed by atoms with E-state index in [0.717, 1.165) is 48.5 Å². The summed E-state index contributed by atoms with van der Waals surface area (Å²) in [6.45, 7) is 3.81. The minimum Gasteiger partial charge on any atom is -0.496 e. The number of rotatable bonds is 7. The summed E-state index contributed by atoms with van der Waals surface area (Å²) in [5.74, 6) is 1.93. The van der Waals surface area contributed by atoms with Crippen LogP contribution in [0.3, 0.4) is 0 Å². The molecule has 0 aliphatic carbocycles. The number of methoxy groups -OCH3 is 1.